The first-order chi connectivity index (χ1) is 11.5. The summed E-state index contributed by atoms with van der Waals surface area (Å²) >= 11 is 0. The van der Waals surface area contributed by atoms with Gasteiger partial charge in [-0.25, -0.2) is 0 Å². The van der Waals surface area contributed by atoms with E-state index in [0.717, 1.165) is 13.8 Å². The van der Waals surface area contributed by atoms with Gasteiger partial charge in [-0.05, 0) is 0 Å². The molecule has 0 aromatic carbocycles. The fourth-order valence-electron chi connectivity index (χ4n) is 0.526. The first kappa shape index (κ1) is 52.6. The van der Waals surface area contributed by atoms with Gasteiger partial charge in [0.25, 0.3) is 11.9 Å². The van der Waals surface area contributed by atoms with Gasteiger partial charge in [0.15, 0.2) is 0 Å². The van der Waals surface area contributed by atoms with Gasteiger partial charge >= 0.3 is 118 Å². The van der Waals surface area contributed by atoms with E-state index in [0.29, 0.717) is 0 Å². The van der Waals surface area contributed by atoms with Gasteiger partial charge in [-0.2, -0.15) is 0 Å². The van der Waals surface area contributed by atoms with Crippen molar-refractivity contribution in [2.75, 3.05) is 0 Å². The number of aliphatic carboxylic acids is 6. The number of nitrogens with two attached hydrogens (primary N) is 2. The zero-order valence-electron chi connectivity index (χ0n) is 17.7. The second-order valence-corrected chi connectivity index (χ2v) is 4.04. The van der Waals surface area contributed by atoms with Gasteiger partial charge in [-0.15, -0.1) is 0 Å². The summed E-state index contributed by atoms with van der Waals surface area (Å²) < 4.78 is 0. The average Bonchev–Trinajstić information content (AvgIpc) is 2.36. The van der Waals surface area contributed by atoms with Crippen molar-refractivity contribution in [2.24, 2.45) is 11.5 Å². The van der Waals surface area contributed by atoms with Crippen LogP contribution in [0.2, 0.25) is 0 Å². The summed E-state index contributed by atoms with van der Waals surface area (Å²) in [6.07, 6.45) is -1.41. The summed E-state index contributed by atoms with van der Waals surface area (Å²) in [5, 5.41) is 53.5. The summed E-state index contributed by atoms with van der Waals surface area (Å²) in [6.45, 7) is 2.17. The molecule has 0 radical (unpaired) electrons. The molecule has 0 aliphatic carbocycles. The Morgan fingerprint density at radius 2 is 0.767 bits per heavy atom. The van der Waals surface area contributed by atoms with Crippen LogP contribution in [0.5, 0.6) is 0 Å². The van der Waals surface area contributed by atoms with Crippen molar-refractivity contribution in [2.45, 2.75) is 38.8 Å². The second kappa shape index (κ2) is 34.4. The maximum atomic E-state index is 9.71. The van der Waals surface area contributed by atoms with Gasteiger partial charge in [-0.3, -0.25) is 9.59 Å². The van der Waals surface area contributed by atoms with E-state index in [2.05, 4.69) is 0 Å². The first-order valence-electron chi connectivity index (χ1n) is 6.26. The molecule has 0 unspecified atom stereocenters. The Balaban J connectivity index is -0.0000000364. The predicted octanol–water partition coefficient (Wildman–Crippen LogP) is -19.4. The molecule has 0 spiro atoms. The molecule has 0 aromatic heterocycles. The van der Waals surface area contributed by atoms with Crippen LogP contribution in [0.15, 0.2) is 0 Å². The van der Waals surface area contributed by atoms with Crippen molar-refractivity contribution in [3.8, 4) is 0 Å². The van der Waals surface area contributed by atoms with E-state index in [1.54, 1.807) is 0 Å². The Bertz CT molecular complexity index is 456. The number of hydrogen-bond acceptors (Lipinski definition) is 12. The topological polar surface area (TPSA) is 287 Å². The Morgan fingerprint density at radius 1 is 0.633 bits per heavy atom. The third-order valence-electron chi connectivity index (χ3n) is 1.38. The van der Waals surface area contributed by atoms with E-state index >= 15 is 0 Å². The molecule has 152 valence electrons. The fraction of sp³-hybridized carbons (Fsp3) is 0.500. The number of carboxylic acid groups (broad SMARTS) is 6. The van der Waals surface area contributed by atoms with Crippen molar-refractivity contribution in [1.29, 1.82) is 0 Å². The second-order valence-electron chi connectivity index (χ2n) is 4.04. The van der Waals surface area contributed by atoms with Gasteiger partial charge in [-0.1, -0.05) is 0 Å². The average molecular weight is 474 g/mol. The van der Waals surface area contributed by atoms with E-state index in [4.69, 9.17) is 31.3 Å². The molecule has 0 saturated heterocycles. The maximum Gasteiger partial charge on any atom is 1.00 e. The van der Waals surface area contributed by atoms with Crippen LogP contribution in [0.3, 0.4) is 0 Å². The number of carboxylic acids is 6. The standard InChI is InChI=1S/2C4H7NO4.2C2H4O2.4Na/c2*5-2(4(8)9)1-3(6)7;2*1-2(3)4;;;;/h2*2H,1,5H2,(H,6,7)(H,8,9);2*1H3,(H,3,4);;;;/q;;;;4*+1/p-4/t2*2-;;;;;;/m00....../s1. The third-order valence-corrected chi connectivity index (χ3v) is 1.38. The monoisotopic (exact) mass is 474 g/mol. The maximum absolute atomic E-state index is 9.71. The minimum atomic E-state index is -1.58. The van der Waals surface area contributed by atoms with Crippen LogP contribution in [0, 0.1) is 0 Å². The first-order valence-corrected chi connectivity index (χ1v) is 6.26. The van der Waals surface area contributed by atoms with Crippen molar-refractivity contribution in [3.05, 3.63) is 0 Å². The van der Waals surface area contributed by atoms with Gasteiger partial charge in [0.05, 0.1) is 11.9 Å². The van der Waals surface area contributed by atoms with Crippen LogP contribution in [0.4, 0.5) is 0 Å². The summed E-state index contributed by atoms with van der Waals surface area (Å²) in [5.74, 6) is -7.82. The Kier molecular flexibility index (Phi) is 60.2. The molecule has 6 N–H and O–H groups in total. The molecule has 30 heavy (non-hydrogen) atoms. The van der Waals surface area contributed by atoms with Gasteiger partial charge < -0.3 is 61.3 Å². The number of carbonyl (C=O) groups is 6. The molecule has 0 saturated carbocycles. The number of hydrogen-bond donors (Lipinski definition) is 4. The summed E-state index contributed by atoms with van der Waals surface area (Å²) in [5.41, 5.74) is 9.47. The van der Waals surface area contributed by atoms with Crippen LogP contribution in [0.1, 0.15) is 26.7 Å². The van der Waals surface area contributed by atoms with Crippen LogP contribution < -0.4 is 150 Å². The summed E-state index contributed by atoms with van der Waals surface area (Å²) in [6, 6.07) is -2.93. The van der Waals surface area contributed by atoms with Gasteiger partial charge in [0.1, 0.15) is 0 Å². The SMILES string of the molecule is CC(=O)O.CC(=O)O.N[C@@H](CC(=O)[O-])C(=O)[O-].N[C@@H](CC(=O)[O-])C(=O)[O-].[Na+].[Na+].[Na+].[Na+]. The molecule has 14 nitrogen and oxygen atoms in total. The zero-order valence-corrected chi connectivity index (χ0v) is 25.7. The van der Waals surface area contributed by atoms with E-state index < -0.39 is 60.7 Å². The molecule has 0 fully saturated rings. The molecule has 0 aliphatic rings. The zero-order chi connectivity index (χ0) is 22.0. The molecule has 2 atom stereocenters. The molecular weight excluding hydrogens is 456 g/mol. The van der Waals surface area contributed by atoms with Gasteiger partial charge in [0.2, 0.25) is 0 Å². The third kappa shape index (κ3) is 78.9. The molecule has 0 aromatic rings. The van der Waals surface area contributed by atoms with Crippen molar-refractivity contribution >= 4 is 35.8 Å². The summed E-state index contributed by atoms with van der Waals surface area (Å²) in [4.78, 5) is 56.7. The summed E-state index contributed by atoms with van der Waals surface area (Å²) in [7, 11) is 0. The Labute approximate surface area is 260 Å². The van der Waals surface area contributed by atoms with Crippen LogP contribution >= 0.6 is 0 Å². The number of rotatable bonds is 6. The molecule has 18 heteroatoms. The van der Waals surface area contributed by atoms with Gasteiger partial charge in [0, 0.05) is 50.7 Å². The van der Waals surface area contributed by atoms with Crippen molar-refractivity contribution in [3.63, 3.8) is 0 Å². The van der Waals surface area contributed by atoms with E-state index in [1.807, 2.05) is 0 Å². The van der Waals surface area contributed by atoms with Crippen molar-refractivity contribution < 1.29 is 178 Å². The smallest absolute Gasteiger partial charge is 0.550 e. The molecule has 0 aliphatic heterocycles. The fourth-order valence-corrected chi connectivity index (χ4v) is 0.526. The normalized spacial score (nSPS) is 9.20. The molecule has 0 heterocycles. The Morgan fingerprint density at radius 3 is 0.800 bits per heavy atom. The molecular formula is C12H18N2Na4O12. The number of carbonyl (C=O) groups excluding carboxylic acids is 4. The van der Waals surface area contributed by atoms with Crippen LogP contribution in [-0.2, 0) is 28.8 Å². The quantitative estimate of drug-likeness (QED) is 0.260. The van der Waals surface area contributed by atoms with E-state index in [9.17, 15) is 39.6 Å². The van der Waals surface area contributed by atoms with E-state index in [1.165, 1.54) is 0 Å². The predicted molar refractivity (Wildman–Crippen MR) is 71.8 cm³/mol. The largest absolute Gasteiger partial charge is 1.00 e. The Hall–Kier alpha value is 0.740. The molecule has 0 amide bonds. The molecule has 0 bridgehead atoms. The molecule has 0 rings (SSSR count). The van der Waals surface area contributed by atoms with Crippen LogP contribution in [-0.4, -0.2) is 58.1 Å². The minimum Gasteiger partial charge on any atom is -0.550 e. The van der Waals surface area contributed by atoms with Crippen LogP contribution in [0.25, 0.3) is 0 Å². The van der Waals surface area contributed by atoms with E-state index in [-0.39, 0.29) is 118 Å². The van der Waals surface area contributed by atoms with Crippen molar-refractivity contribution in [1.82, 2.24) is 0 Å². The minimum absolute atomic E-state index is 0.